The summed E-state index contributed by atoms with van der Waals surface area (Å²) in [4.78, 5) is 19.2. The lowest BCUT2D eigenvalue weighted by Gasteiger charge is -2.39. The maximum atomic E-state index is 14.3. The van der Waals surface area contributed by atoms with Crippen molar-refractivity contribution >= 4 is 29.2 Å². The number of nitrogens with one attached hydrogen (secondary N) is 2. The Morgan fingerprint density at radius 2 is 2.00 bits per heavy atom. The second-order valence-corrected chi connectivity index (χ2v) is 9.18. The zero-order chi connectivity index (χ0) is 23.6. The summed E-state index contributed by atoms with van der Waals surface area (Å²) in [6, 6.07) is 10.6. The van der Waals surface area contributed by atoms with E-state index in [4.69, 9.17) is 16.6 Å². The molecule has 7 nitrogen and oxygen atoms in total. The zero-order valence-corrected chi connectivity index (χ0v) is 19.4. The third kappa shape index (κ3) is 5.17. The Balaban J connectivity index is 1.47. The van der Waals surface area contributed by atoms with Gasteiger partial charge in [0.1, 0.15) is 11.6 Å². The molecule has 3 heterocycles. The van der Waals surface area contributed by atoms with Gasteiger partial charge in [-0.25, -0.2) is 9.37 Å². The molecule has 174 valence electrons. The molecule has 1 aliphatic heterocycles. The summed E-state index contributed by atoms with van der Waals surface area (Å²) < 4.78 is 14.3. The number of aliphatic carboxylic acids is 1. The van der Waals surface area contributed by atoms with Gasteiger partial charge in [0.2, 0.25) is 0 Å². The molecular weight excluding hydrogens is 445 g/mol. The van der Waals surface area contributed by atoms with Crippen molar-refractivity contribution in [2.75, 3.05) is 18.4 Å². The number of carboxylic acid groups (broad SMARTS) is 1. The van der Waals surface area contributed by atoms with Crippen molar-refractivity contribution in [1.29, 1.82) is 0 Å². The maximum Gasteiger partial charge on any atom is 0.310 e. The van der Waals surface area contributed by atoms with Crippen molar-refractivity contribution in [3.63, 3.8) is 0 Å². The number of carbonyl (C=O) groups is 1. The van der Waals surface area contributed by atoms with Crippen LogP contribution in [0.4, 0.5) is 16.0 Å². The molecule has 1 saturated heterocycles. The molecule has 0 unspecified atom stereocenters. The van der Waals surface area contributed by atoms with E-state index in [1.807, 2.05) is 32.0 Å². The van der Waals surface area contributed by atoms with Crippen LogP contribution < -0.4 is 5.32 Å². The number of benzene rings is 1. The molecule has 33 heavy (non-hydrogen) atoms. The Labute approximate surface area is 197 Å². The molecule has 1 aromatic carbocycles. The fraction of sp³-hybridized carbons (Fsp3) is 0.375. The summed E-state index contributed by atoms with van der Waals surface area (Å²) in [5.74, 6) is 0.0462. The van der Waals surface area contributed by atoms with Crippen LogP contribution in [0.1, 0.15) is 35.4 Å². The van der Waals surface area contributed by atoms with E-state index < -0.39 is 17.2 Å². The molecule has 0 atom stereocenters. The summed E-state index contributed by atoms with van der Waals surface area (Å²) in [6.45, 7) is 5.37. The summed E-state index contributed by atoms with van der Waals surface area (Å²) in [6.07, 6.45) is 1.26. The number of aryl methyl sites for hydroxylation is 2. The van der Waals surface area contributed by atoms with Gasteiger partial charge in [0.15, 0.2) is 5.82 Å². The molecule has 3 aromatic rings. The van der Waals surface area contributed by atoms with Crippen LogP contribution >= 0.6 is 11.6 Å². The standard InChI is InChI=1S/C24H27ClFN5O2/c1-15-6-7-20(28-21-12-16(2)29-30-21)27-19(15)13-24(23(32)33)8-10-31(11-9-24)14-17-4-3-5-18(25)22(17)26/h3-7,12H,8-11,13-14H2,1-2H3,(H,32,33)(H2,27,28,29,30). The number of aromatic nitrogens is 3. The highest BCUT2D eigenvalue weighted by Crippen LogP contribution is 2.37. The minimum Gasteiger partial charge on any atom is -0.481 e. The predicted octanol–water partition coefficient (Wildman–Crippen LogP) is 4.87. The van der Waals surface area contributed by atoms with E-state index in [2.05, 4.69) is 20.4 Å². The first-order valence-electron chi connectivity index (χ1n) is 10.9. The smallest absolute Gasteiger partial charge is 0.310 e. The molecule has 3 N–H and O–H groups in total. The summed E-state index contributed by atoms with van der Waals surface area (Å²) in [7, 11) is 0. The van der Waals surface area contributed by atoms with E-state index in [-0.39, 0.29) is 5.02 Å². The second-order valence-electron chi connectivity index (χ2n) is 8.77. The van der Waals surface area contributed by atoms with Crippen molar-refractivity contribution in [3.05, 3.63) is 69.8 Å². The predicted molar refractivity (Wildman–Crippen MR) is 125 cm³/mol. The van der Waals surface area contributed by atoms with Gasteiger partial charge in [-0.2, -0.15) is 5.10 Å². The highest BCUT2D eigenvalue weighted by atomic mass is 35.5. The monoisotopic (exact) mass is 471 g/mol. The van der Waals surface area contributed by atoms with Crippen LogP contribution in [0.3, 0.4) is 0 Å². The number of anilines is 2. The zero-order valence-electron chi connectivity index (χ0n) is 18.7. The number of rotatable bonds is 7. The highest BCUT2D eigenvalue weighted by Gasteiger charge is 2.42. The number of H-pyrrole nitrogens is 1. The lowest BCUT2D eigenvalue weighted by atomic mass is 9.74. The van der Waals surface area contributed by atoms with Crippen molar-refractivity contribution in [3.8, 4) is 0 Å². The van der Waals surface area contributed by atoms with E-state index in [1.54, 1.807) is 12.1 Å². The first-order valence-corrected chi connectivity index (χ1v) is 11.3. The van der Waals surface area contributed by atoms with E-state index in [0.29, 0.717) is 56.1 Å². The Morgan fingerprint density at radius 3 is 2.67 bits per heavy atom. The number of pyridine rings is 1. The number of hydrogen-bond acceptors (Lipinski definition) is 5. The Morgan fingerprint density at radius 1 is 1.24 bits per heavy atom. The highest BCUT2D eigenvalue weighted by molar-refractivity contribution is 6.30. The fourth-order valence-corrected chi connectivity index (χ4v) is 4.46. The van der Waals surface area contributed by atoms with Crippen LogP contribution in [0.2, 0.25) is 5.02 Å². The van der Waals surface area contributed by atoms with Gasteiger partial charge in [-0.15, -0.1) is 0 Å². The summed E-state index contributed by atoms with van der Waals surface area (Å²) >= 11 is 5.90. The molecule has 1 fully saturated rings. The van der Waals surface area contributed by atoms with Crippen molar-refractivity contribution in [2.24, 2.45) is 5.41 Å². The average molecular weight is 472 g/mol. The van der Waals surface area contributed by atoms with Crippen molar-refractivity contribution in [2.45, 2.75) is 39.7 Å². The number of carboxylic acids is 1. The third-order valence-electron chi connectivity index (χ3n) is 6.36. The quantitative estimate of drug-likeness (QED) is 0.455. The molecule has 0 saturated carbocycles. The largest absolute Gasteiger partial charge is 0.481 e. The molecule has 2 aromatic heterocycles. The molecule has 1 aliphatic rings. The van der Waals surface area contributed by atoms with Gasteiger partial charge in [0.05, 0.1) is 10.4 Å². The van der Waals surface area contributed by atoms with Crippen LogP contribution in [0.15, 0.2) is 36.4 Å². The molecule has 0 aliphatic carbocycles. The van der Waals surface area contributed by atoms with Crippen LogP contribution in [0.5, 0.6) is 0 Å². The topological polar surface area (TPSA) is 94.1 Å². The first kappa shape index (κ1) is 23.2. The van der Waals surface area contributed by atoms with E-state index in [0.717, 1.165) is 17.0 Å². The normalized spacial score (nSPS) is 16.0. The lowest BCUT2D eigenvalue weighted by Crippen LogP contribution is -2.45. The maximum absolute atomic E-state index is 14.3. The van der Waals surface area contributed by atoms with Gasteiger partial charge in [-0.1, -0.05) is 29.8 Å². The van der Waals surface area contributed by atoms with E-state index >= 15 is 0 Å². The number of hydrogen-bond donors (Lipinski definition) is 3. The number of aromatic amines is 1. The third-order valence-corrected chi connectivity index (χ3v) is 6.65. The van der Waals surface area contributed by atoms with Gasteiger partial charge >= 0.3 is 5.97 Å². The van der Waals surface area contributed by atoms with Crippen molar-refractivity contribution < 1.29 is 14.3 Å². The molecule has 4 rings (SSSR count). The lowest BCUT2D eigenvalue weighted by molar-refractivity contribution is -0.152. The molecule has 9 heteroatoms. The number of nitrogens with zero attached hydrogens (tertiary/aromatic N) is 3. The number of piperidine rings is 1. The first-order chi connectivity index (χ1) is 15.8. The number of halogens is 2. The summed E-state index contributed by atoms with van der Waals surface area (Å²) in [5, 5.41) is 20.5. The van der Waals surface area contributed by atoms with E-state index in [9.17, 15) is 14.3 Å². The minimum absolute atomic E-state index is 0.101. The Bertz CT molecular complexity index is 1160. The van der Waals surface area contributed by atoms with Gasteiger partial charge in [0.25, 0.3) is 0 Å². The van der Waals surface area contributed by atoms with Crippen LogP contribution in [-0.2, 0) is 17.8 Å². The molecule has 0 bridgehead atoms. The second kappa shape index (κ2) is 9.49. The van der Waals surface area contributed by atoms with E-state index in [1.165, 1.54) is 6.07 Å². The Kier molecular flexibility index (Phi) is 6.67. The van der Waals surface area contributed by atoms with Gasteiger partial charge in [0, 0.05) is 36.0 Å². The molecule has 0 amide bonds. The minimum atomic E-state index is -0.914. The fourth-order valence-electron chi connectivity index (χ4n) is 4.27. The number of likely N-dealkylation sites (tertiary alicyclic amines) is 1. The van der Waals surface area contributed by atoms with Crippen molar-refractivity contribution in [1.82, 2.24) is 20.1 Å². The van der Waals surface area contributed by atoms with Gasteiger partial charge in [-0.3, -0.25) is 14.8 Å². The Hall–Kier alpha value is -2.97. The van der Waals surface area contributed by atoms with Crippen LogP contribution in [0, 0.1) is 25.1 Å². The molecular formula is C24H27ClFN5O2. The molecule has 0 radical (unpaired) electrons. The van der Waals surface area contributed by atoms with Crippen LogP contribution in [0.25, 0.3) is 0 Å². The molecule has 0 spiro atoms. The van der Waals surface area contributed by atoms with Gasteiger partial charge < -0.3 is 10.4 Å². The SMILES string of the molecule is Cc1cc(Nc2ccc(C)c(CC3(C(=O)O)CCN(Cc4cccc(Cl)c4F)CC3)n2)n[nH]1. The average Bonchev–Trinajstić information content (AvgIpc) is 3.19. The van der Waals surface area contributed by atoms with Crippen LogP contribution in [-0.4, -0.2) is 44.2 Å². The van der Waals surface area contributed by atoms with Gasteiger partial charge in [-0.05, 0) is 57.5 Å². The summed E-state index contributed by atoms with van der Waals surface area (Å²) in [5.41, 5.74) is 2.24.